The van der Waals surface area contributed by atoms with E-state index in [1.54, 1.807) is 6.20 Å². The highest BCUT2D eigenvalue weighted by atomic mass is 15.5. The molecule has 0 fully saturated rings. The second-order valence-electron chi connectivity index (χ2n) is 4.10. The average Bonchev–Trinajstić information content (AvgIpc) is 2.84. The Morgan fingerprint density at radius 2 is 2.22 bits per heavy atom. The van der Waals surface area contributed by atoms with Gasteiger partial charge in [0, 0.05) is 38.8 Å². The summed E-state index contributed by atoms with van der Waals surface area (Å²) >= 11 is 0. The maximum Gasteiger partial charge on any atom is 0.224 e. The first-order valence-corrected chi connectivity index (χ1v) is 5.64. The summed E-state index contributed by atoms with van der Waals surface area (Å²) in [4.78, 5) is 10.6. The maximum absolute atomic E-state index is 4.43. The fourth-order valence-corrected chi connectivity index (χ4v) is 1.55. The van der Waals surface area contributed by atoms with Crippen molar-refractivity contribution < 1.29 is 0 Å². The normalized spacial score (nSPS) is 10.4. The summed E-state index contributed by atoms with van der Waals surface area (Å²) in [6.45, 7) is 2.65. The Kier molecular flexibility index (Phi) is 3.66. The smallest absolute Gasteiger partial charge is 0.224 e. The lowest BCUT2D eigenvalue weighted by atomic mass is 10.3. The molecule has 2 aromatic heterocycles. The minimum atomic E-state index is 0.604. The van der Waals surface area contributed by atoms with Crippen LogP contribution in [-0.2, 0) is 6.42 Å². The summed E-state index contributed by atoms with van der Waals surface area (Å²) in [6, 6.07) is 0. The number of tetrazole rings is 1. The molecule has 0 aliphatic rings. The van der Waals surface area contributed by atoms with E-state index in [1.807, 2.05) is 25.9 Å². The van der Waals surface area contributed by atoms with Gasteiger partial charge >= 0.3 is 0 Å². The van der Waals surface area contributed by atoms with E-state index >= 15 is 0 Å². The molecule has 0 unspecified atom stereocenters. The van der Waals surface area contributed by atoms with Gasteiger partial charge in [-0.15, -0.1) is 10.2 Å². The van der Waals surface area contributed by atoms with Crippen LogP contribution in [0.5, 0.6) is 0 Å². The molecule has 2 rings (SSSR count). The predicted molar refractivity (Wildman–Crippen MR) is 67.5 cm³/mol. The fourth-order valence-electron chi connectivity index (χ4n) is 1.55. The number of H-pyrrole nitrogens is 1. The van der Waals surface area contributed by atoms with E-state index < -0.39 is 0 Å². The van der Waals surface area contributed by atoms with Gasteiger partial charge in [-0.3, -0.25) is 0 Å². The molecule has 8 heteroatoms. The molecule has 8 nitrogen and oxygen atoms in total. The number of rotatable bonds is 5. The van der Waals surface area contributed by atoms with Crippen LogP contribution in [0.4, 0.5) is 11.8 Å². The zero-order valence-electron chi connectivity index (χ0n) is 10.7. The molecule has 0 aliphatic heterocycles. The number of anilines is 2. The van der Waals surface area contributed by atoms with E-state index in [4.69, 9.17) is 0 Å². The molecule has 0 saturated heterocycles. The van der Waals surface area contributed by atoms with Crippen molar-refractivity contribution in [3.8, 4) is 0 Å². The van der Waals surface area contributed by atoms with Gasteiger partial charge in [-0.2, -0.15) is 10.2 Å². The number of nitrogens with zero attached hydrogens (tertiary/aromatic N) is 6. The van der Waals surface area contributed by atoms with Crippen molar-refractivity contribution in [1.29, 1.82) is 0 Å². The molecule has 0 atom stereocenters. The molecule has 96 valence electrons. The minimum absolute atomic E-state index is 0.604. The highest BCUT2D eigenvalue weighted by Gasteiger charge is 2.05. The van der Waals surface area contributed by atoms with Gasteiger partial charge in [-0.05, 0) is 6.92 Å². The van der Waals surface area contributed by atoms with Gasteiger partial charge in [0.2, 0.25) is 5.95 Å². The summed E-state index contributed by atoms with van der Waals surface area (Å²) in [5.74, 6) is 2.18. The van der Waals surface area contributed by atoms with Crippen molar-refractivity contribution in [2.24, 2.45) is 0 Å². The third-order valence-electron chi connectivity index (χ3n) is 2.39. The summed E-state index contributed by atoms with van der Waals surface area (Å²) in [7, 11) is 3.91. The van der Waals surface area contributed by atoms with Crippen LogP contribution in [0.1, 0.15) is 11.4 Å². The summed E-state index contributed by atoms with van der Waals surface area (Å²) in [5, 5.41) is 16.8. The molecule has 0 spiro atoms. The van der Waals surface area contributed by atoms with E-state index in [-0.39, 0.29) is 0 Å². The van der Waals surface area contributed by atoms with Crippen LogP contribution in [0.2, 0.25) is 0 Å². The van der Waals surface area contributed by atoms with Crippen molar-refractivity contribution in [1.82, 2.24) is 30.6 Å². The second-order valence-corrected chi connectivity index (χ2v) is 4.10. The van der Waals surface area contributed by atoms with Crippen molar-refractivity contribution in [2.45, 2.75) is 13.3 Å². The SMILES string of the molecule is Cc1cnc(NCCc2nn[nH]n2)nc1N(C)C. The first-order chi connectivity index (χ1) is 8.66. The maximum atomic E-state index is 4.43. The number of hydrogen-bond acceptors (Lipinski definition) is 7. The molecule has 2 heterocycles. The lowest BCUT2D eigenvalue weighted by molar-refractivity contribution is 0.881. The van der Waals surface area contributed by atoms with Gasteiger partial charge in [0.1, 0.15) is 5.82 Å². The Balaban J connectivity index is 1.95. The van der Waals surface area contributed by atoms with Gasteiger partial charge in [-0.1, -0.05) is 5.21 Å². The average molecular weight is 248 g/mol. The highest BCUT2D eigenvalue weighted by molar-refractivity contribution is 5.47. The lowest BCUT2D eigenvalue weighted by Crippen LogP contribution is -2.15. The van der Waals surface area contributed by atoms with E-state index in [0.717, 1.165) is 11.4 Å². The number of aromatic amines is 1. The van der Waals surface area contributed by atoms with E-state index in [0.29, 0.717) is 24.7 Å². The van der Waals surface area contributed by atoms with Crippen LogP contribution < -0.4 is 10.2 Å². The van der Waals surface area contributed by atoms with Crippen molar-refractivity contribution in [3.63, 3.8) is 0 Å². The molecule has 2 N–H and O–H groups in total. The van der Waals surface area contributed by atoms with Crippen LogP contribution in [0.15, 0.2) is 6.20 Å². The Morgan fingerprint density at radius 3 is 2.89 bits per heavy atom. The molecule has 0 saturated carbocycles. The standard InChI is InChI=1S/C10H16N8/c1-7-6-12-10(13-9(7)18(2)3)11-5-4-8-14-16-17-15-8/h6H,4-5H2,1-3H3,(H,11,12,13)(H,14,15,16,17). The minimum Gasteiger partial charge on any atom is -0.362 e. The van der Waals surface area contributed by atoms with E-state index in [2.05, 4.69) is 35.9 Å². The zero-order chi connectivity index (χ0) is 13.0. The third-order valence-corrected chi connectivity index (χ3v) is 2.39. The Bertz CT molecular complexity index is 493. The van der Waals surface area contributed by atoms with Gasteiger partial charge in [0.05, 0.1) is 0 Å². The van der Waals surface area contributed by atoms with Crippen LogP contribution in [0.3, 0.4) is 0 Å². The molecule has 0 aliphatic carbocycles. The fraction of sp³-hybridized carbons (Fsp3) is 0.500. The Labute approximate surface area is 105 Å². The molecular formula is C10H16N8. The van der Waals surface area contributed by atoms with Gasteiger partial charge in [0.25, 0.3) is 0 Å². The van der Waals surface area contributed by atoms with Crippen LogP contribution >= 0.6 is 0 Å². The first-order valence-electron chi connectivity index (χ1n) is 5.64. The Morgan fingerprint density at radius 1 is 1.39 bits per heavy atom. The lowest BCUT2D eigenvalue weighted by Gasteiger charge is -2.14. The number of hydrogen-bond donors (Lipinski definition) is 2. The van der Waals surface area contributed by atoms with Crippen LogP contribution in [-0.4, -0.2) is 51.2 Å². The topological polar surface area (TPSA) is 95.5 Å². The molecule has 0 radical (unpaired) electrons. The number of aryl methyl sites for hydroxylation is 1. The second kappa shape index (κ2) is 5.39. The summed E-state index contributed by atoms with van der Waals surface area (Å²) < 4.78 is 0. The van der Waals surface area contributed by atoms with Crippen molar-refractivity contribution >= 4 is 11.8 Å². The van der Waals surface area contributed by atoms with E-state index in [1.165, 1.54) is 0 Å². The number of nitrogens with one attached hydrogen (secondary N) is 2. The molecular weight excluding hydrogens is 232 g/mol. The molecule has 0 aromatic carbocycles. The van der Waals surface area contributed by atoms with Gasteiger partial charge in [-0.25, -0.2) is 4.98 Å². The summed E-state index contributed by atoms with van der Waals surface area (Å²) in [5.41, 5.74) is 1.05. The quantitative estimate of drug-likeness (QED) is 0.770. The Hall–Kier alpha value is -2.25. The zero-order valence-corrected chi connectivity index (χ0v) is 10.7. The van der Waals surface area contributed by atoms with Gasteiger partial charge < -0.3 is 10.2 Å². The third kappa shape index (κ3) is 2.90. The summed E-state index contributed by atoms with van der Waals surface area (Å²) in [6.07, 6.45) is 2.48. The molecule has 0 bridgehead atoms. The van der Waals surface area contributed by atoms with Crippen molar-refractivity contribution in [2.75, 3.05) is 30.9 Å². The van der Waals surface area contributed by atoms with Gasteiger partial charge in [0.15, 0.2) is 5.82 Å². The highest BCUT2D eigenvalue weighted by Crippen LogP contribution is 2.14. The predicted octanol–water partition coefficient (Wildman–Crippen LogP) is 0.0187. The van der Waals surface area contributed by atoms with E-state index in [9.17, 15) is 0 Å². The van der Waals surface area contributed by atoms with Crippen LogP contribution in [0, 0.1) is 6.92 Å². The van der Waals surface area contributed by atoms with Crippen LogP contribution in [0.25, 0.3) is 0 Å². The molecule has 0 amide bonds. The monoisotopic (exact) mass is 248 g/mol. The molecule has 2 aromatic rings. The first kappa shape index (κ1) is 12.2. The number of aromatic nitrogens is 6. The van der Waals surface area contributed by atoms with Crippen molar-refractivity contribution in [3.05, 3.63) is 17.6 Å². The molecule has 18 heavy (non-hydrogen) atoms. The largest absolute Gasteiger partial charge is 0.362 e.